The molecule has 0 unspecified atom stereocenters. The number of aliphatic imine (C=N–C) groups is 1. The SMILES string of the molecule is ONC(=Nc1ccc(Br)cc1)N1CCC2(CC1)CN(c1ccnc3ccc(F)cc13)C2. The molecule has 2 aliphatic heterocycles. The van der Waals surface area contributed by atoms with E-state index in [0.29, 0.717) is 5.96 Å². The number of rotatable bonds is 2. The summed E-state index contributed by atoms with van der Waals surface area (Å²) in [6.07, 6.45) is 3.82. The van der Waals surface area contributed by atoms with E-state index in [1.807, 2.05) is 30.3 Å². The van der Waals surface area contributed by atoms with Crippen LogP contribution in [0.25, 0.3) is 10.9 Å². The van der Waals surface area contributed by atoms with Gasteiger partial charge in [0.05, 0.1) is 11.2 Å². The van der Waals surface area contributed by atoms with Crippen molar-refractivity contribution >= 4 is 44.2 Å². The largest absolute Gasteiger partial charge is 0.370 e. The van der Waals surface area contributed by atoms with Crippen LogP contribution in [0.2, 0.25) is 0 Å². The molecule has 0 saturated carbocycles. The molecule has 0 aliphatic carbocycles. The average Bonchev–Trinajstić information content (AvgIpc) is 2.77. The number of benzene rings is 2. The number of likely N-dealkylation sites (tertiary alicyclic amines) is 1. The van der Waals surface area contributed by atoms with Crippen LogP contribution in [0, 0.1) is 11.2 Å². The Morgan fingerprint density at radius 1 is 1.10 bits per heavy atom. The van der Waals surface area contributed by atoms with Crippen molar-refractivity contribution < 1.29 is 9.60 Å². The van der Waals surface area contributed by atoms with Crippen molar-refractivity contribution in [2.45, 2.75) is 12.8 Å². The van der Waals surface area contributed by atoms with E-state index in [0.717, 1.165) is 65.8 Å². The maximum atomic E-state index is 13.8. The Balaban J connectivity index is 1.26. The van der Waals surface area contributed by atoms with Crippen LogP contribution in [0.4, 0.5) is 15.8 Å². The van der Waals surface area contributed by atoms with Gasteiger partial charge in [0, 0.05) is 53.3 Å². The summed E-state index contributed by atoms with van der Waals surface area (Å²) in [6.45, 7) is 3.54. The lowest BCUT2D eigenvalue weighted by molar-refractivity contribution is 0.100. The molecule has 2 aromatic carbocycles. The highest BCUT2D eigenvalue weighted by Gasteiger charge is 2.45. The van der Waals surface area contributed by atoms with Crippen LogP contribution in [0.5, 0.6) is 0 Å². The highest BCUT2D eigenvalue weighted by molar-refractivity contribution is 9.10. The summed E-state index contributed by atoms with van der Waals surface area (Å²) in [5.74, 6) is 0.239. The Bertz CT molecular complexity index is 1120. The summed E-state index contributed by atoms with van der Waals surface area (Å²) in [5.41, 5.74) is 5.17. The number of nitrogens with one attached hydrogen (secondary N) is 1. The minimum atomic E-state index is -0.237. The molecule has 160 valence electrons. The van der Waals surface area contributed by atoms with Gasteiger partial charge in [-0.2, -0.15) is 0 Å². The van der Waals surface area contributed by atoms with E-state index in [9.17, 15) is 9.60 Å². The lowest BCUT2D eigenvalue weighted by Crippen LogP contribution is -2.61. The van der Waals surface area contributed by atoms with Crippen LogP contribution < -0.4 is 10.4 Å². The van der Waals surface area contributed by atoms with Gasteiger partial charge in [-0.3, -0.25) is 10.2 Å². The van der Waals surface area contributed by atoms with Crippen molar-refractivity contribution in [1.29, 1.82) is 0 Å². The lowest BCUT2D eigenvalue weighted by atomic mass is 9.71. The number of pyridine rings is 1. The number of hydrogen-bond donors (Lipinski definition) is 2. The Hall–Kier alpha value is -2.71. The van der Waals surface area contributed by atoms with Gasteiger partial charge in [-0.05, 0) is 61.4 Å². The van der Waals surface area contributed by atoms with Crippen molar-refractivity contribution in [3.8, 4) is 0 Å². The summed E-state index contributed by atoms with van der Waals surface area (Å²) in [5, 5.41) is 10.5. The van der Waals surface area contributed by atoms with Gasteiger partial charge in [0.15, 0.2) is 0 Å². The molecule has 1 spiro atoms. The topological polar surface area (TPSA) is 64.0 Å². The Labute approximate surface area is 188 Å². The van der Waals surface area contributed by atoms with Gasteiger partial charge in [0.2, 0.25) is 5.96 Å². The van der Waals surface area contributed by atoms with Crippen molar-refractivity contribution in [1.82, 2.24) is 15.4 Å². The predicted octanol–water partition coefficient (Wildman–Crippen LogP) is 4.71. The first kappa shape index (κ1) is 20.2. The summed E-state index contributed by atoms with van der Waals surface area (Å²) in [6, 6.07) is 14.4. The molecule has 2 N–H and O–H groups in total. The number of piperidine rings is 1. The molecule has 5 rings (SSSR count). The highest BCUT2D eigenvalue weighted by atomic mass is 79.9. The van der Waals surface area contributed by atoms with E-state index in [2.05, 4.69) is 41.2 Å². The third kappa shape index (κ3) is 3.97. The quantitative estimate of drug-likeness (QED) is 0.314. The van der Waals surface area contributed by atoms with Crippen LogP contribution in [0.3, 0.4) is 0 Å². The molecule has 3 aromatic rings. The number of nitrogens with zero attached hydrogens (tertiary/aromatic N) is 4. The van der Waals surface area contributed by atoms with Crippen molar-refractivity contribution in [3.63, 3.8) is 0 Å². The van der Waals surface area contributed by atoms with Gasteiger partial charge in [0.25, 0.3) is 0 Å². The Kier molecular flexibility index (Phi) is 5.27. The van der Waals surface area contributed by atoms with Crippen LogP contribution in [0.1, 0.15) is 12.8 Å². The summed E-state index contributed by atoms with van der Waals surface area (Å²) in [7, 11) is 0. The Morgan fingerprint density at radius 3 is 2.55 bits per heavy atom. The second-order valence-corrected chi connectivity index (χ2v) is 9.27. The minimum Gasteiger partial charge on any atom is -0.370 e. The van der Waals surface area contributed by atoms with Crippen molar-refractivity contribution in [3.05, 3.63) is 65.0 Å². The fourth-order valence-electron chi connectivity index (χ4n) is 4.63. The molecule has 0 radical (unpaired) electrons. The van der Waals surface area contributed by atoms with Gasteiger partial charge < -0.3 is 9.80 Å². The first-order chi connectivity index (χ1) is 15.0. The van der Waals surface area contributed by atoms with Gasteiger partial charge in [-0.15, -0.1) is 0 Å². The number of hydroxylamine groups is 1. The molecule has 0 atom stereocenters. The van der Waals surface area contributed by atoms with E-state index in [1.165, 1.54) is 6.07 Å². The maximum absolute atomic E-state index is 13.8. The smallest absolute Gasteiger partial charge is 0.223 e. The first-order valence-corrected chi connectivity index (χ1v) is 11.1. The van der Waals surface area contributed by atoms with Crippen LogP contribution in [0.15, 0.2) is 64.2 Å². The number of guanidine groups is 1. The van der Waals surface area contributed by atoms with Crippen molar-refractivity contribution in [2.24, 2.45) is 10.4 Å². The predicted molar refractivity (Wildman–Crippen MR) is 123 cm³/mol. The second-order valence-electron chi connectivity index (χ2n) is 8.36. The Morgan fingerprint density at radius 2 is 1.84 bits per heavy atom. The second kappa shape index (κ2) is 8.09. The zero-order valence-electron chi connectivity index (χ0n) is 16.9. The monoisotopic (exact) mass is 483 g/mol. The van der Waals surface area contributed by atoms with Gasteiger partial charge in [-0.1, -0.05) is 15.9 Å². The normalized spacial score (nSPS) is 18.4. The molecular weight excluding hydrogens is 461 g/mol. The van der Waals surface area contributed by atoms with Crippen LogP contribution in [-0.2, 0) is 0 Å². The fourth-order valence-corrected chi connectivity index (χ4v) is 4.89. The number of anilines is 1. The third-order valence-corrected chi connectivity index (χ3v) is 6.89. The molecule has 2 fully saturated rings. The summed E-state index contributed by atoms with van der Waals surface area (Å²) in [4.78, 5) is 13.3. The van der Waals surface area contributed by atoms with E-state index >= 15 is 0 Å². The summed E-state index contributed by atoms with van der Waals surface area (Å²) < 4.78 is 14.8. The molecule has 31 heavy (non-hydrogen) atoms. The number of halogens is 2. The first-order valence-electron chi connectivity index (χ1n) is 10.3. The molecule has 6 nitrogen and oxygen atoms in total. The van der Waals surface area contributed by atoms with E-state index in [1.54, 1.807) is 18.3 Å². The zero-order valence-corrected chi connectivity index (χ0v) is 18.5. The summed E-state index contributed by atoms with van der Waals surface area (Å²) >= 11 is 3.42. The van der Waals surface area contributed by atoms with E-state index < -0.39 is 0 Å². The number of fused-ring (bicyclic) bond motifs is 1. The molecule has 0 bridgehead atoms. The van der Waals surface area contributed by atoms with Crippen LogP contribution in [-0.4, -0.2) is 47.2 Å². The average molecular weight is 484 g/mol. The van der Waals surface area contributed by atoms with Gasteiger partial charge >= 0.3 is 0 Å². The lowest BCUT2D eigenvalue weighted by Gasteiger charge is -2.55. The van der Waals surface area contributed by atoms with Crippen molar-refractivity contribution in [2.75, 3.05) is 31.1 Å². The molecule has 2 aliphatic rings. The van der Waals surface area contributed by atoms with Crippen LogP contribution >= 0.6 is 15.9 Å². The minimum absolute atomic E-state index is 0.237. The highest BCUT2D eigenvalue weighted by Crippen LogP contribution is 2.44. The fraction of sp³-hybridized carbons (Fsp3) is 0.304. The molecular formula is C23H23BrFN5O. The molecule has 3 heterocycles. The van der Waals surface area contributed by atoms with E-state index in [-0.39, 0.29) is 11.2 Å². The maximum Gasteiger partial charge on any atom is 0.223 e. The number of hydrogen-bond acceptors (Lipinski definition) is 4. The van der Waals surface area contributed by atoms with Gasteiger partial charge in [0.1, 0.15) is 5.82 Å². The molecule has 1 aromatic heterocycles. The number of aromatic nitrogens is 1. The van der Waals surface area contributed by atoms with Gasteiger partial charge in [-0.25, -0.2) is 14.9 Å². The third-order valence-electron chi connectivity index (χ3n) is 6.36. The zero-order chi connectivity index (χ0) is 21.4. The van der Waals surface area contributed by atoms with E-state index in [4.69, 9.17) is 0 Å². The standard InChI is InChI=1S/C23H23BrFN5O/c24-16-1-4-18(5-2-16)27-22(28-31)29-11-8-23(9-12-29)14-30(15-23)21-7-10-26-20-6-3-17(25)13-19(20)21/h1-7,10,13,31H,8-9,11-12,14-15H2,(H,27,28). The molecule has 0 amide bonds. The molecule has 2 saturated heterocycles. The molecule has 8 heteroatoms.